The number of piperidine rings is 1. The van der Waals surface area contributed by atoms with Gasteiger partial charge in [-0.3, -0.25) is 4.90 Å². The van der Waals surface area contributed by atoms with Crippen LogP contribution in [0.1, 0.15) is 39.2 Å². The summed E-state index contributed by atoms with van der Waals surface area (Å²) in [4.78, 5) is 14.2. The number of aliphatic hydroxyl groups excluding tert-OH is 1. The van der Waals surface area contributed by atoms with Gasteiger partial charge in [-0.1, -0.05) is 30.3 Å². The predicted octanol–water partition coefficient (Wildman–Crippen LogP) is 2.54. The Morgan fingerprint density at radius 3 is 2.61 bits per heavy atom. The zero-order valence-corrected chi connectivity index (χ0v) is 14.3. The van der Waals surface area contributed by atoms with E-state index in [1.807, 2.05) is 39.0 Å². The number of hydrogen-bond acceptors (Lipinski definition) is 4. The normalized spacial score (nSPS) is 22.6. The lowest BCUT2D eigenvalue weighted by Crippen LogP contribution is -2.53. The molecule has 0 aromatic heterocycles. The van der Waals surface area contributed by atoms with Crippen LogP contribution in [-0.4, -0.2) is 46.9 Å². The van der Waals surface area contributed by atoms with Crippen molar-refractivity contribution in [1.82, 2.24) is 10.2 Å². The van der Waals surface area contributed by atoms with Crippen LogP contribution in [0.4, 0.5) is 4.79 Å². The number of nitrogens with one attached hydrogen (secondary N) is 1. The molecule has 23 heavy (non-hydrogen) atoms. The molecule has 2 rings (SSSR count). The number of aliphatic hydroxyl groups is 1. The van der Waals surface area contributed by atoms with Crippen molar-refractivity contribution < 1.29 is 14.6 Å². The SMILES string of the molecule is CC(C)(C)OC(=O)NC1CCC(CO)N(Cc2ccccc2)C1. The first-order valence-corrected chi connectivity index (χ1v) is 8.26. The fourth-order valence-corrected chi connectivity index (χ4v) is 2.91. The fourth-order valence-electron chi connectivity index (χ4n) is 2.91. The highest BCUT2D eigenvalue weighted by Gasteiger charge is 2.29. The highest BCUT2D eigenvalue weighted by molar-refractivity contribution is 5.68. The van der Waals surface area contributed by atoms with Crippen LogP contribution >= 0.6 is 0 Å². The van der Waals surface area contributed by atoms with E-state index in [0.717, 1.165) is 25.9 Å². The first-order valence-electron chi connectivity index (χ1n) is 8.26. The standard InChI is InChI=1S/C18H28N2O3/c1-18(2,3)23-17(22)19-15-9-10-16(13-21)20(12-15)11-14-7-5-4-6-8-14/h4-8,15-16,21H,9-13H2,1-3H3,(H,19,22). The number of likely N-dealkylation sites (tertiary alicyclic amines) is 1. The molecule has 0 spiro atoms. The summed E-state index contributed by atoms with van der Waals surface area (Å²) >= 11 is 0. The van der Waals surface area contributed by atoms with E-state index < -0.39 is 5.60 Å². The highest BCUT2D eigenvalue weighted by Crippen LogP contribution is 2.20. The molecule has 0 radical (unpaired) electrons. The Balaban J connectivity index is 1.93. The highest BCUT2D eigenvalue weighted by atomic mass is 16.6. The molecule has 2 N–H and O–H groups in total. The Morgan fingerprint density at radius 1 is 1.30 bits per heavy atom. The van der Waals surface area contributed by atoms with E-state index in [2.05, 4.69) is 22.3 Å². The van der Waals surface area contributed by atoms with E-state index in [9.17, 15) is 9.90 Å². The number of nitrogens with zero attached hydrogens (tertiary/aromatic N) is 1. The van der Waals surface area contributed by atoms with Gasteiger partial charge in [0.05, 0.1) is 6.61 Å². The monoisotopic (exact) mass is 320 g/mol. The van der Waals surface area contributed by atoms with Crippen molar-refractivity contribution in [2.24, 2.45) is 0 Å². The van der Waals surface area contributed by atoms with Crippen molar-refractivity contribution in [3.63, 3.8) is 0 Å². The third kappa shape index (κ3) is 5.84. The fraction of sp³-hybridized carbons (Fsp3) is 0.611. The molecule has 5 nitrogen and oxygen atoms in total. The number of carbonyl (C=O) groups excluding carboxylic acids is 1. The molecular weight excluding hydrogens is 292 g/mol. The van der Waals surface area contributed by atoms with Gasteiger partial charge in [0.25, 0.3) is 0 Å². The Bertz CT molecular complexity index is 499. The van der Waals surface area contributed by atoms with Gasteiger partial charge < -0.3 is 15.2 Å². The van der Waals surface area contributed by atoms with Crippen LogP contribution in [-0.2, 0) is 11.3 Å². The van der Waals surface area contributed by atoms with Crippen molar-refractivity contribution in [1.29, 1.82) is 0 Å². The lowest BCUT2D eigenvalue weighted by atomic mass is 9.98. The van der Waals surface area contributed by atoms with Crippen molar-refractivity contribution in [2.45, 2.75) is 57.8 Å². The van der Waals surface area contributed by atoms with Crippen molar-refractivity contribution in [3.05, 3.63) is 35.9 Å². The van der Waals surface area contributed by atoms with Crippen LogP contribution in [0.5, 0.6) is 0 Å². The second-order valence-electron chi connectivity index (χ2n) is 7.17. The van der Waals surface area contributed by atoms with Crippen LogP contribution in [0.3, 0.4) is 0 Å². The Morgan fingerprint density at radius 2 is 2.00 bits per heavy atom. The second-order valence-corrected chi connectivity index (χ2v) is 7.17. The molecule has 0 bridgehead atoms. The molecule has 1 fully saturated rings. The van der Waals surface area contributed by atoms with E-state index in [-0.39, 0.29) is 24.8 Å². The molecule has 1 aliphatic rings. The largest absolute Gasteiger partial charge is 0.444 e. The first-order chi connectivity index (χ1) is 10.9. The number of carbonyl (C=O) groups is 1. The molecule has 2 unspecified atom stereocenters. The Kier molecular flexibility index (Phi) is 6.02. The van der Waals surface area contributed by atoms with Crippen molar-refractivity contribution in [2.75, 3.05) is 13.2 Å². The maximum absolute atomic E-state index is 11.9. The minimum absolute atomic E-state index is 0.0522. The maximum Gasteiger partial charge on any atom is 0.407 e. The first kappa shape index (κ1) is 17.8. The quantitative estimate of drug-likeness (QED) is 0.895. The van der Waals surface area contributed by atoms with E-state index in [0.29, 0.717) is 0 Å². The summed E-state index contributed by atoms with van der Waals surface area (Å²) in [5.41, 5.74) is 0.722. The summed E-state index contributed by atoms with van der Waals surface area (Å²) < 4.78 is 5.33. The molecule has 1 amide bonds. The van der Waals surface area contributed by atoms with Gasteiger partial charge in [0, 0.05) is 25.2 Å². The summed E-state index contributed by atoms with van der Waals surface area (Å²) in [5, 5.41) is 12.6. The molecule has 5 heteroatoms. The van der Waals surface area contributed by atoms with Gasteiger partial charge in [0.2, 0.25) is 0 Å². The van der Waals surface area contributed by atoms with E-state index in [1.54, 1.807) is 0 Å². The van der Waals surface area contributed by atoms with E-state index in [4.69, 9.17) is 4.74 Å². The second kappa shape index (κ2) is 7.79. The zero-order valence-electron chi connectivity index (χ0n) is 14.3. The summed E-state index contributed by atoms with van der Waals surface area (Å²) in [7, 11) is 0. The molecule has 0 saturated carbocycles. The summed E-state index contributed by atoms with van der Waals surface area (Å²) in [5.74, 6) is 0. The number of alkyl carbamates (subject to hydrolysis) is 1. The Labute approximate surface area is 138 Å². The smallest absolute Gasteiger partial charge is 0.407 e. The van der Waals surface area contributed by atoms with Gasteiger partial charge in [-0.2, -0.15) is 0 Å². The molecular formula is C18H28N2O3. The van der Waals surface area contributed by atoms with Crippen molar-refractivity contribution >= 4 is 6.09 Å². The molecule has 128 valence electrons. The molecule has 1 heterocycles. The summed E-state index contributed by atoms with van der Waals surface area (Å²) in [6, 6.07) is 10.4. The molecule has 0 aliphatic carbocycles. The van der Waals surface area contributed by atoms with Crippen LogP contribution in [0, 0.1) is 0 Å². The lowest BCUT2D eigenvalue weighted by molar-refractivity contribution is 0.0378. The van der Waals surface area contributed by atoms with Gasteiger partial charge in [0.15, 0.2) is 0 Å². The molecule has 1 saturated heterocycles. The van der Waals surface area contributed by atoms with Crippen LogP contribution in [0.2, 0.25) is 0 Å². The number of hydrogen-bond donors (Lipinski definition) is 2. The molecule has 2 atom stereocenters. The summed E-state index contributed by atoms with van der Waals surface area (Å²) in [6.45, 7) is 7.22. The van der Waals surface area contributed by atoms with E-state index in [1.165, 1.54) is 5.56 Å². The zero-order chi connectivity index (χ0) is 16.9. The topological polar surface area (TPSA) is 61.8 Å². The Hall–Kier alpha value is -1.59. The number of rotatable bonds is 4. The third-order valence-electron chi connectivity index (χ3n) is 3.98. The molecule has 1 aliphatic heterocycles. The van der Waals surface area contributed by atoms with Crippen LogP contribution < -0.4 is 5.32 Å². The minimum atomic E-state index is -0.490. The average Bonchev–Trinajstić information content (AvgIpc) is 2.46. The van der Waals surface area contributed by atoms with Gasteiger partial charge in [-0.25, -0.2) is 4.79 Å². The minimum Gasteiger partial charge on any atom is -0.444 e. The van der Waals surface area contributed by atoms with Crippen LogP contribution in [0.15, 0.2) is 30.3 Å². The van der Waals surface area contributed by atoms with Gasteiger partial charge in [-0.05, 0) is 39.2 Å². The number of amides is 1. The predicted molar refractivity (Wildman–Crippen MR) is 90.1 cm³/mol. The van der Waals surface area contributed by atoms with Gasteiger partial charge in [-0.15, -0.1) is 0 Å². The lowest BCUT2D eigenvalue weighted by Gasteiger charge is -2.39. The number of benzene rings is 1. The maximum atomic E-state index is 11.9. The van der Waals surface area contributed by atoms with Gasteiger partial charge >= 0.3 is 6.09 Å². The summed E-state index contributed by atoms with van der Waals surface area (Å²) in [6.07, 6.45) is 1.35. The molecule has 1 aromatic rings. The number of ether oxygens (including phenoxy) is 1. The average molecular weight is 320 g/mol. The third-order valence-corrected chi connectivity index (χ3v) is 3.98. The van der Waals surface area contributed by atoms with E-state index >= 15 is 0 Å². The molecule has 1 aromatic carbocycles. The van der Waals surface area contributed by atoms with Crippen LogP contribution in [0.25, 0.3) is 0 Å². The van der Waals surface area contributed by atoms with Gasteiger partial charge in [0.1, 0.15) is 5.60 Å². The van der Waals surface area contributed by atoms with Crippen molar-refractivity contribution in [3.8, 4) is 0 Å².